The molecule has 0 aliphatic rings. The first-order valence-corrected chi connectivity index (χ1v) is 3.20. The molecule has 2 nitrogen and oxygen atoms in total. The molecule has 2 heteroatoms. The summed E-state index contributed by atoms with van der Waals surface area (Å²) in [6.45, 7) is 7.46. The van der Waals surface area contributed by atoms with Crippen molar-refractivity contribution in [3.05, 3.63) is 23.5 Å². The monoisotopic (exact) mass is 138 g/mol. The van der Waals surface area contributed by atoms with Crippen LogP contribution < -0.4 is 5.32 Å². The van der Waals surface area contributed by atoms with Crippen molar-refractivity contribution in [2.45, 2.75) is 13.8 Å². The van der Waals surface area contributed by atoms with E-state index in [0.717, 1.165) is 5.70 Å². The second-order valence-corrected chi connectivity index (χ2v) is 2.17. The molecule has 10 heavy (non-hydrogen) atoms. The van der Waals surface area contributed by atoms with Gasteiger partial charge >= 0.3 is 0 Å². The van der Waals surface area contributed by atoms with Crippen molar-refractivity contribution >= 4 is 6.72 Å². The third-order valence-corrected chi connectivity index (χ3v) is 1.09. The zero-order chi connectivity index (χ0) is 7.98. The Morgan fingerprint density at radius 2 is 2.10 bits per heavy atom. The molecule has 0 saturated heterocycles. The van der Waals surface area contributed by atoms with E-state index in [1.165, 1.54) is 5.57 Å². The number of nitrogens with one attached hydrogen (secondary N) is 1. The Morgan fingerprint density at radius 3 is 2.40 bits per heavy atom. The summed E-state index contributed by atoms with van der Waals surface area (Å²) in [6.07, 6.45) is 3.72. The Bertz CT molecular complexity index is 162. The van der Waals surface area contributed by atoms with E-state index in [0.29, 0.717) is 0 Å². The van der Waals surface area contributed by atoms with Gasteiger partial charge in [-0.1, -0.05) is 5.57 Å². The summed E-state index contributed by atoms with van der Waals surface area (Å²) in [5.41, 5.74) is 2.09. The lowest BCUT2D eigenvalue weighted by Crippen LogP contribution is -1.91. The molecule has 0 unspecified atom stereocenters. The summed E-state index contributed by atoms with van der Waals surface area (Å²) in [5, 5.41) is 2.88. The molecule has 0 aromatic carbocycles. The van der Waals surface area contributed by atoms with Gasteiger partial charge in [-0.05, 0) is 32.8 Å². The molecule has 0 aliphatic carbocycles. The van der Waals surface area contributed by atoms with Crippen LogP contribution in [0.1, 0.15) is 13.8 Å². The van der Waals surface area contributed by atoms with Gasteiger partial charge in [0.1, 0.15) is 0 Å². The molecule has 0 atom stereocenters. The number of nitrogens with zero attached hydrogens (tertiary/aromatic N) is 1. The lowest BCUT2D eigenvalue weighted by Gasteiger charge is -1.94. The van der Waals surface area contributed by atoms with E-state index < -0.39 is 0 Å². The topological polar surface area (TPSA) is 24.4 Å². The molecule has 0 amide bonds. The molecule has 1 N–H and O–H groups in total. The van der Waals surface area contributed by atoms with Crippen LogP contribution in [-0.2, 0) is 0 Å². The standard InChI is InChI=1S/C8H14N2/c1-7(2)8(10-4)5-6-9-3/h5-6,9H,4H2,1-3H3/b6-5-. The van der Waals surface area contributed by atoms with E-state index >= 15 is 0 Å². The van der Waals surface area contributed by atoms with E-state index in [4.69, 9.17) is 0 Å². The zero-order valence-electron chi connectivity index (χ0n) is 6.81. The first kappa shape index (κ1) is 8.95. The van der Waals surface area contributed by atoms with Crippen LogP contribution >= 0.6 is 0 Å². The second-order valence-electron chi connectivity index (χ2n) is 2.17. The Hall–Kier alpha value is -1.05. The fourth-order valence-corrected chi connectivity index (χ4v) is 0.540. The number of aliphatic imine (C=N–C) groups is 1. The predicted molar refractivity (Wildman–Crippen MR) is 46.1 cm³/mol. The number of hydrogen-bond donors (Lipinski definition) is 1. The average Bonchev–Trinajstić information content (AvgIpc) is 1.89. The zero-order valence-corrected chi connectivity index (χ0v) is 6.81. The molecule has 0 aromatic heterocycles. The fraction of sp³-hybridized carbons (Fsp3) is 0.375. The molecule has 0 rings (SSSR count). The van der Waals surface area contributed by atoms with E-state index in [1.54, 1.807) is 0 Å². The van der Waals surface area contributed by atoms with E-state index in [2.05, 4.69) is 17.0 Å². The van der Waals surface area contributed by atoms with Crippen molar-refractivity contribution < 1.29 is 0 Å². The van der Waals surface area contributed by atoms with Gasteiger partial charge in [0.2, 0.25) is 0 Å². The smallest absolute Gasteiger partial charge is 0.0623 e. The normalized spacial score (nSPS) is 9.50. The molecule has 0 bridgehead atoms. The minimum Gasteiger partial charge on any atom is -0.394 e. The summed E-state index contributed by atoms with van der Waals surface area (Å²) >= 11 is 0. The maximum atomic E-state index is 3.83. The van der Waals surface area contributed by atoms with Gasteiger partial charge in [0, 0.05) is 7.05 Å². The Labute approximate surface area is 62.4 Å². The molecule has 0 heterocycles. The molecular formula is C8H14N2. The number of allylic oxidation sites excluding steroid dienone is 2. The highest BCUT2D eigenvalue weighted by Crippen LogP contribution is 2.04. The summed E-state index contributed by atoms with van der Waals surface area (Å²) in [5.74, 6) is 0. The van der Waals surface area contributed by atoms with E-state index in [1.807, 2.05) is 33.2 Å². The van der Waals surface area contributed by atoms with Gasteiger partial charge < -0.3 is 5.32 Å². The third-order valence-electron chi connectivity index (χ3n) is 1.09. The molecule has 0 saturated carbocycles. The van der Waals surface area contributed by atoms with Crippen molar-refractivity contribution in [2.24, 2.45) is 4.99 Å². The summed E-state index contributed by atoms with van der Waals surface area (Å²) in [7, 11) is 1.85. The highest BCUT2D eigenvalue weighted by Gasteiger charge is 1.86. The first-order valence-electron chi connectivity index (χ1n) is 3.20. The number of hydrogen-bond acceptors (Lipinski definition) is 2. The van der Waals surface area contributed by atoms with Crippen LogP contribution in [0.4, 0.5) is 0 Å². The lowest BCUT2D eigenvalue weighted by molar-refractivity contribution is 1.09. The molecule has 0 radical (unpaired) electrons. The van der Waals surface area contributed by atoms with E-state index in [9.17, 15) is 0 Å². The largest absolute Gasteiger partial charge is 0.394 e. The third kappa shape index (κ3) is 3.07. The molecule has 0 spiro atoms. The quantitative estimate of drug-likeness (QED) is 0.466. The van der Waals surface area contributed by atoms with Gasteiger partial charge in [0.05, 0.1) is 5.70 Å². The van der Waals surface area contributed by atoms with Crippen LogP contribution in [0.5, 0.6) is 0 Å². The van der Waals surface area contributed by atoms with Crippen molar-refractivity contribution in [1.82, 2.24) is 5.32 Å². The molecule has 0 aliphatic heterocycles. The maximum Gasteiger partial charge on any atom is 0.0623 e. The highest BCUT2D eigenvalue weighted by molar-refractivity contribution is 5.34. The van der Waals surface area contributed by atoms with Crippen LogP contribution in [0.15, 0.2) is 28.5 Å². The van der Waals surface area contributed by atoms with Gasteiger partial charge in [-0.3, -0.25) is 4.99 Å². The Morgan fingerprint density at radius 1 is 1.50 bits per heavy atom. The maximum absolute atomic E-state index is 3.83. The van der Waals surface area contributed by atoms with Crippen molar-refractivity contribution in [3.63, 3.8) is 0 Å². The van der Waals surface area contributed by atoms with Crippen LogP contribution in [0.25, 0.3) is 0 Å². The van der Waals surface area contributed by atoms with E-state index in [-0.39, 0.29) is 0 Å². The summed E-state index contributed by atoms with van der Waals surface area (Å²) < 4.78 is 0. The van der Waals surface area contributed by atoms with Crippen LogP contribution in [0.2, 0.25) is 0 Å². The highest BCUT2D eigenvalue weighted by atomic mass is 14.8. The second kappa shape index (κ2) is 4.79. The van der Waals surface area contributed by atoms with Crippen LogP contribution in [-0.4, -0.2) is 13.8 Å². The average molecular weight is 138 g/mol. The SMILES string of the molecule is C=NC(/C=C\NC)=C(C)C. The van der Waals surface area contributed by atoms with Gasteiger partial charge in [0.15, 0.2) is 0 Å². The molecule has 0 fully saturated rings. The fourth-order valence-electron chi connectivity index (χ4n) is 0.540. The van der Waals surface area contributed by atoms with Gasteiger partial charge in [-0.25, -0.2) is 0 Å². The Kier molecular flexibility index (Phi) is 4.29. The minimum absolute atomic E-state index is 0.925. The minimum atomic E-state index is 0.925. The van der Waals surface area contributed by atoms with Crippen LogP contribution in [0.3, 0.4) is 0 Å². The molecule has 56 valence electrons. The summed E-state index contributed by atoms with van der Waals surface area (Å²) in [4.78, 5) is 3.83. The number of rotatable bonds is 3. The molecule has 0 aromatic rings. The Balaban J connectivity index is 4.24. The molecular weight excluding hydrogens is 124 g/mol. The van der Waals surface area contributed by atoms with Gasteiger partial charge in [-0.2, -0.15) is 0 Å². The van der Waals surface area contributed by atoms with Gasteiger partial charge in [0.25, 0.3) is 0 Å². The van der Waals surface area contributed by atoms with Gasteiger partial charge in [-0.15, -0.1) is 0 Å². The lowest BCUT2D eigenvalue weighted by atomic mass is 10.2. The van der Waals surface area contributed by atoms with Crippen molar-refractivity contribution in [1.29, 1.82) is 0 Å². The summed E-state index contributed by atoms with van der Waals surface area (Å²) in [6, 6.07) is 0. The van der Waals surface area contributed by atoms with Crippen LogP contribution in [0, 0.1) is 0 Å². The first-order chi connectivity index (χ1) is 4.72. The predicted octanol–water partition coefficient (Wildman–Crippen LogP) is 1.71. The van der Waals surface area contributed by atoms with Crippen molar-refractivity contribution in [2.75, 3.05) is 7.05 Å². The van der Waals surface area contributed by atoms with Crippen molar-refractivity contribution in [3.8, 4) is 0 Å².